The Hall–Kier alpha value is -1.54. The third-order valence-corrected chi connectivity index (χ3v) is 3.10. The van der Waals surface area contributed by atoms with Crippen molar-refractivity contribution in [3.05, 3.63) is 23.3 Å². The van der Waals surface area contributed by atoms with Gasteiger partial charge in [-0.15, -0.1) is 20.4 Å². The maximum absolute atomic E-state index is 10.5. The van der Waals surface area contributed by atoms with Gasteiger partial charge in [-0.1, -0.05) is 11.3 Å². The lowest BCUT2D eigenvalue weighted by Gasteiger charge is -1.95. The zero-order chi connectivity index (χ0) is 10.7. The molecular formula is C7H4N4O2S2. The second kappa shape index (κ2) is 4.32. The number of rotatable bonds is 3. The van der Waals surface area contributed by atoms with Crippen molar-refractivity contribution in [2.75, 3.05) is 0 Å². The Bertz CT molecular complexity index is 456. The van der Waals surface area contributed by atoms with E-state index >= 15 is 0 Å². The maximum Gasteiger partial charge on any atom is 0.356 e. The van der Waals surface area contributed by atoms with Crippen molar-refractivity contribution in [1.82, 2.24) is 20.4 Å². The summed E-state index contributed by atoms with van der Waals surface area (Å²) in [6.07, 6.45) is 0. The van der Waals surface area contributed by atoms with E-state index in [0.717, 1.165) is 4.34 Å². The Morgan fingerprint density at radius 1 is 1.33 bits per heavy atom. The molecule has 0 aliphatic rings. The first-order chi connectivity index (χ1) is 7.25. The highest BCUT2D eigenvalue weighted by atomic mass is 32.2. The van der Waals surface area contributed by atoms with Crippen molar-refractivity contribution in [2.24, 2.45) is 0 Å². The Labute approximate surface area is 92.4 Å². The molecule has 0 saturated heterocycles. The first-order valence-corrected chi connectivity index (χ1v) is 5.46. The second-order valence-corrected chi connectivity index (χ2v) is 4.47. The molecule has 0 amide bonds. The van der Waals surface area contributed by atoms with E-state index in [1.807, 2.05) is 0 Å². The normalized spacial score (nSPS) is 10.1. The van der Waals surface area contributed by atoms with Crippen LogP contribution in [0.1, 0.15) is 10.5 Å². The number of carboxylic acid groups (broad SMARTS) is 1. The van der Waals surface area contributed by atoms with Crippen molar-refractivity contribution in [1.29, 1.82) is 0 Å². The molecular weight excluding hydrogens is 236 g/mol. The molecule has 0 radical (unpaired) electrons. The van der Waals surface area contributed by atoms with Crippen LogP contribution < -0.4 is 0 Å². The van der Waals surface area contributed by atoms with Gasteiger partial charge in [0.1, 0.15) is 10.5 Å². The monoisotopic (exact) mass is 240 g/mol. The van der Waals surface area contributed by atoms with Crippen LogP contribution in [0.4, 0.5) is 0 Å². The molecule has 2 rings (SSSR count). The average Bonchev–Trinajstić information content (AvgIpc) is 2.71. The van der Waals surface area contributed by atoms with Crippen molar-refractivity contribution >= 4 is 29.1 Å². The minimum absolute atomic E-state index is 0.0726. The van der Waals surface area contributed by atoms with Crippen LogP contribution in [-0.4, -0.2) is 31.5 Å². The highest BCUT2D eigenvalue weighted by molar-refractivity contribution is 8.00. The first-order valence-electron chi connectivity index (χ1n) is 3.77. The molecule has 0 aliphatic carbocycles. The summed E-state index contributed by atoms with van der Waals surface area (Å²) in [7, 11) is 0. The van der Waals surface area contributed by atoms with E-state index in [1.54, 1.807) is 11.6 Å². The van der Waals surface area contributed by atoms with Gasteiger partial charge in [-0.05, 0) is 23.9 Å². The van der Waals surface area contributed by atoms with Gasteiger partial charge in [0, 0.05) is 0 Å². The summed E-state index contributed by atoms with van der Waals surface area (Å²) >= 11 is 2.68. The number of hydrogen-bond donors (Lipinski definition) is 1. The number of hydrogen-bond acceptors (Lipinski definition) is 7. The molecule has 0 aromatic carbocycles. The third kappa shape index (κ3) is 2.48. The van der Waals surface area contributed by atoms with Gasteiger partial charge in [-0.25, -0.2) is 4.79 Å². The third-order valence-electron chi connectivity index (χ3n) is 1.39. The van der Waals surface area contributed by atoms with E-state index in [4.69, 9.17) is 5.11 Å². The standard InChI is InChI=1S/C7H4N4O2S2/c12-6(13)4-1-2-5(10-9-4)15-7-11-8-3-14-7/h1-3H,(H,12,13). The predicted octanol–water partition coefficient (Wildman–Crippen LogP) is 1.18. The molecule has 1 N–H and O–H groups in total. The van der Waals surface area contributed by atoms with Crippen molar-refractivity contribution in [3.8, 4) is 0 Å². The van der Waals surface area contributed by atoms with Gasteiger partial charge < -0.3 is 5.11 Å². The summed E-state index contributed by atoms with van der Waals surface area (Å²) in [6.45, 7) is 0. The van der Waals surface area contributed by atoms with E-state index in [2.05, 4.69) is 20.4 Å². The van der Waals surface area contributed by atoms with Gasteiger partial charge in [0.15, 0.2) is 10.0 Å². The van der Waals surface area contributed by atoms with E-state index in [-0.39, 0.29) is 5.69 Å². The Morgan fingerprint density at radius 3 is 2.73 bits per heavy atom. The summed E-state index contributed by atoms with van der Waals surface area (Å²) < 4.78 is 0.743. The minimum Gasteiger partial charge on any atom is -0.476 e. The zero-order valence-electron chi connectivity index (χ0n) is 7.19. The second-order valence-electron chi connectivity index (χ2n) is 2.37. The highest BCUT2D eigenvalue weighted by Crippen LogP contribution is 2.25. The van der Waals surface area contributed by atoms with Crippen LogP contribution in [0, 0.1) is 0 Å². The quantitative estimate of drug-likeness (QED) is 0.861. The largest absolute Gasteiger partial charge is 0.476 e. The summed E-state index contributed by atoms with van der Waals surface area (Å²) in [5.74, 6) is -1.09. The summed E-state index contributed by atoms with van der Waals surface area (Å²) in [5, 5.41) is 24.0. The lowest BCUT2D eigenvalue weighted by Crippen LogP contribution is -2.01. The van der Waals surface area contributed by atoms with Gasteiger partial charge in [0.25, 0.3) is 0 Å². The Morgan fingerprint density at radius 2 is 2.20 bits per heavy atom. The topological polar surface area (TPSA) is 88.9 Å². The molecule has 6 nitrogen and oxygen atoms in total. The lowest BCUT2D eigenvalue weighted by molar-refractivity contribution is 0.0689. The molecule has 2 aromatic rings. The average molecular weight is 240 g/mol. The van der Waals surface area contributed by atoms with Gasteiger partial charge in [0.2, 0.25) is 0 Å². The van der Waals surface area contributed by atoms with Crippen LogP contribution in [0.15, 0.2) is 27.0 Å². The Balaban J connectivity index is 2.14. The van der Waals surface area contributed by atoms with E-state index in [0.29, 0.717) is 5.03 Å². The van der Waals surface area contributed by atoms with Crippen molar-refractivity contribution < 1.29 is 9.90 Å². The maximum atomic E-state index is 10.5. The van der Waals surface area contributed by atoms with Crippen LogP contribution >= 0.6 is 23.1 Å². The summed E-state index contributed by atoms with van der Waals surface area (Å²) in [4.78, 5) is 10.5. The molecule has 0 atom stereocenters. The smallest absolute Gasteiger partial charge is 0.356 e. The molecule has 76 valence electrons. The van der Waals surface area contributed by atoms with Crippen LogP contribution in [0.2, 0.25) is 0 Å². The van der Waals surface area contributed by atoms with Crippen molar-refractivity contribution in [2.45, 2.75) is 9.37 Å². The fraction of sp³-hybridized carbons (Fsp3) is 0. The summed E-state index contributed by atoms with van der Waals surface area (Å²) in [5.41, 5.74) is 1.54. The van der Waals surface area contributed by atoms with Gasteiger partial charge >= 0.3 is 5.97 Å². The number of carboxylic acids is 1. The molecule has 0 bridgehead atoms. The van der Waals surface area contributed by atoms with E-state index in [1.165, 1.54) is 29.2 Å². The van der Waals surface area contributed by atoms with Crippen LogP contribution in [0.3, 0.4) is 0 Å². The van der Waals surface area contributed by atoms with Crippen LogP contribution in [0.25, 0.3) is 0 Å². The van der Waals surface area contributed by atoms with Gasteiger partial charge in [-0.3, -0.25) is 0 Å². The minimum atomic E-state index is -1.09. The number of aromatic carboxylic acids is 1. The molecule has 0 spiro atoms. The van der Waals surface area contributed by atoms with E-state index < -0.39 is 5.97 Å². The van der Waals surface area contributed by atoms with Gasteiger partial charge in [-0.2, -0.15) is 0 Å². The fourth-order valence-corrected chi connectivity index (χ4v) is 2.13. The summed E-state index contributed by atoms with van der Waals surface area (Å²) in [6, 6.07) is 2.99. The molecule has 0 aliphatic heterocycles. The Kier molecular flexibility index (Phi) is 2.88. The molecule has 0 fully saturated rings. The lowest BCUT2D eigenvalue weighted by atomic mass is 10.4. The van der Waals surface area contributed by atoms with Crippen LogP contribution in [0.5, 0.6) is 0 Å². The number of aromatic nitrogens is 4. The predicted molar refractivity (Wildman–Crippen MR) is 53.0 cm³/mol. The zero-order valence-corrected chi connectivity index (χ0v) is 8.83. The number of carbonyl (C=O) groups is 1. The molecule has 2 aromatic heterocycles. The van der Waals surface area contributed by atoms with E-state index in [9.17, 15) is 4.79 Å². The molecule has 0 unspecified atom stereocenters. The molecule has 8 heteroatoms. The molecule has 0 saturated carbocycles. The highest BCUT2D eigenvalue weighted by Gasteiger charge is 2.07. The SMILES string of the molecule is O=C(O)c1ccc(Sc2nncs2)nn1. The fourth-order valence-electron chi connectivity index (χ4n) is 0.785. The molecule has 15 heavy (non-hydrogen) atoms. The van der Waals surface area contributed by atoms with Gasteiger partial charge in [0.05, 0.1) is 0 Å². The van der Waals surface area contributed by atoms with Crippen molar-refractivity contribution in [3.63, 3.8) is 0 Å². The number of nitrogens with zero attached hydrogens (tertiary/aromatic N) is 4. The first kappa shape index (κ1) is 9.99. The molecule has 2 heterocycles. The van der Waals surface area contributed by atoms with Crippen LogP contribution in [-0.2, 0) is 0 Å².